The molecule has 0 aliphatic rings. The van der Waals surface area contributed by atoms with E-state index in [1.54, 1.807) is 0 Å². The van der Waals surface area contributed by atoms with Gasteiger partial charge in [-0.2, -0.15) is 0 Å². The molecule has 0 saturated heterocycles. The monoisotopic (exact) mass is 236 g/mol. The normalized spacial score (nSPS) is 10.6. The van der Waals surface area contributed by atoms with E-state index in [2.05, 4.69) is 5.32 Å². The Hall–Kier alpha value is -1.55. The maximum atomic E-state index is 11.4. The minimum Gasteiger partial charge on any atom is -0.507 e. The van der Waals surface area contributed by atoms with Crippen molar-refractivity contribution < 1.29 is 9.90 Å². The van der Waals surface area contributed by atoms with E-state index < -0.39 is 0 Å². The fourth-order valence-corrected chi connectivity index (χ4v) is 1.69. The quantitative estimate of drug-likeness (QED) is 0.809. The minimum absolute atomic E-state index is 0.00198. The van der Waals surface area contributed by atoms with E-state index >= 15 is 0 Å². The lowest BCUT2D eigenvalue weighted by molar-refractivity contribution is -0.121. The van der Waals surface area contributed by atoms with Gasteiger partial charge in [-0.25, -0.2) is 0 Å². The number of rotatable bonds is 5. The van der Waals surface area contributed by atoms with Crippen LogP contribution in [0.15, 0.2) is 18.2 Å². The molecule has 0 saturated carbocycles. The van der Waals surface area contributed by atoms with Crippen molar-refractivity contribution in [3.05, 3.63) is 29.3 Å². The van der Waals surface area contributed by atoms with Crippen molar-refractivity contribution >= 4 is 5.91 Å². The third-order valence-electron chi connectivity index (χ3n) is 2.55. The third kappa shape index (κ3) is 4.07. The number of phenols is 1. The summed E-state index contributed by atoms with van der Waals surface area (Å²) in [5.74, 6) is 0.317. The van der Waals surface area contributed by atoms with Gasteiger partial charge in [0, 0.05) is 18.7 Å². The first-order valence-corrected chi connectivity index (χ1v) is 5.77. The fraction of sp³-hybridized carbons (Fsp3) is 0.462. The number of benzene rings is 1. The zero-order valence-electron chi connectivity index (χ0n) is 10.7. The van der Waals surface area contributed by atoms with Crippen molar-refractivity contribution in [3.8, 4) is 5.75 Å². The van der Waals surface area contributed by atoms with Gasteiger partial charge >= 0.3 is 0 Å². The first-order chi connectivity index (χ1) is 8.04. The van der Waals surface area contributed by atoms with E-state index in [4.69, 9.17) is 0 Å². The van der Waals surface area contributed by atoms with Crippen molar-refractivity contribution in [2.75, 3.05) is 20.1 Å². The lowest BCUT2D eigenvalue weighted by Gasteiger charge is -2.17. The first kappa shape index (κ1) is 13.5. The highest BCUT2D eigenvalue weighted by atomic mass is 16.3. The molecule has 0 aromatic heterocycles. The van der Waals surface area contributed by atoms with Crippen LogP contribution in [0.2, 0.25) is 0 Å². The number of likely N-dealkylation sites (N-methyl/N-ethyl adjacent to an activating group) is 2. The average Bonchev–Trinajstić information content (AvgIpc) is 2.25. The summed E-state index contributed by atoms with van der Waals surface area (Å²) in [6, 6.07) is 5.64. The van der Waals surface area contributed by atoms with Crippen LogP contribution in [0.4, 0.5) is 0 Å². The standard InChI is InChI=1S/C13H20N2O2/c1-4-14-12(16)9-15(3)8-11-7-5-6-10(2)13(11)17/h5-7,17H,4,8-9H2,1-3H3,(H,14,16). The molecule has 0 spiro atoms. The molecule has 1 aromatic rings. The molecular weight excluding hydrogens is 216 g/mol. The molecule has 0 bridgehead atoms. The number of aryl methyl sites for hydroxylation is 1. The number of aromatic hydroxyl groups is 1. The van der Waals surface area contributed by atoms with Crippen LogP contribution in [0.3, 0.4) is 0 Å². The van der Waals surface area contributed by atoms with Gasteiger partial charge in [0.25, 0.3) is 0 Å². The molecule has 0 unspecified atom stereocenters. The molecule has 1 amide bonds. The second-order valence-electron chi connectivity index (χ2n) is 4.21. The van der Waals surface area contributed by atoms with E-state index in [9.17, 15) is 9.90 Å². The Kier molecular flexibility index (Phi) is 4.97. The molecule has 4 heteroatoms. The van der Waals surface area contributed by atoms with Crippen LogP contribution in [0.25, 0.3) is 0 Å². The number of amides is 1. The summed E-state index contributed by atoms with van der Waals surface area (Å²) >= 11 is 0. The van der Waals surface area contributed by atoms with E-state index in [1.807, 2.05) is 44.0 Å². The molecule has 0 fully saturated rings. The van der Waals surface area contributed by atoms with Crippen LogP contribution < -0.4 is 5.32 Å². The van der Waals surface area contributed by atoms with Gasteiger partial charge in [-0.05, 0) is 26.5 Å². The summed E-state index contributed by atoms with van der Waals surface area (Å²) < 4.78 is 0. The van der Waals surface area contributed by atoms with Crippen LogP contribution in [0.1, 0.15) is 18.1 Å². The Morgan fingerprint density at radius 1 is 1.47 bits per heavy atom. The number of carbonyl (C=O) groups is 1. The van der Waals surface area contributed by atoms with Gasteiger partial charge in [0.05, 0.1) is 6.54 Å². The predicted octanol–water partition coefficient (Wildman–Crippen LogP) is 1.27. The molecule has 4 nitrogen and oxygen atoms in total. The van der Waals surface area contributed by atoms with E-state index in [-0.39, 0.29) is 5.91 Å². The maximum absolute atomic E-state index is 11.4. The predicted molar refractivity (Wildman–Crippen MR) is 67.9 cm³/mol. The minimum atomic E-state index is 0.00198. The van der Waals surface area contributed by atoms with Crippen molar-refractivity contribution in [3.63, 3.8) is 0 Å². The van der Waals surface area contributed by atoms with E-state index in [0.717, 1.165) is 11.1 Å². The molecule has 0 aliphatic carbocycles. The molecule has 94 valence electrons. The first-order valence-electron chi connectivity index (χ1n) is 5.77. The van der Waals surface area contributed by atoms with Gasteiger partial charge in [0.2, 0.25) is 5.91 Å². The average molecular weight is 236 g/mol. The molecule has 17 heavy (non-hydrogen) atoms. The molecule has 1 aromatic carbocycles. The number of nitrogens with zero attached hydrogens (tertiary/aromatic N) is 1. The van der Waals surface area contributed by atoms with E-state index in [0.29, 0.717) is 25.4 Å². The van der Waals surface area contributed by atoms with Crippen LogP contribution >= 0.6 is 0 Å². The summed E-state index contributed by atoms with van der Waals surface area (Å²) in [7, 11) is 1.86. The second kappa shape index (κ2) is 6.25. The maximum Gasteiger partial charge on any atom is 0.234 e. The summed E-state index contributed by atoms with van der Waals surface area (Å²) in [5.41, 5.74) is 1.70. The molecule has 0 aliphatic heterocycles. The van der Waals surface area contributed by atoms with Crippen LogP contribution in [0.5, 0.6) is 5.75 Å². The lowest BCUT2D eigenvalue weighted by atomic mass is 10.1. The van der Waals surface area contributed by atoms with Gasteiger partial charge in [-0.1, -0.05) is 18.2 Å². The number of hydrogen-bond acceptors (Lipinski definition) is 3. The molecule has 0 atom stereocenters. The highest BCUT2D eigenvalue weighted by Gasteiger charge is 2.09. The van der Waals surface area contributed by atoms with Gasteiger partial charge in [0.1, 0.15) is 5.75 Å². The summed E-state index contributed by atoms with van der Waals surface area (Å²) in [5, 5.41) is 12.6. The number of nitrogens with one attached hydrogen (secondary N) is 1. The Balaban J connectivity index is 2.59. The number of phenolic OH excluding ortho intramolecular Hbond substituents is 1. The van der Waals surface area contributed by atoms with Crippen molar-refractivity contribution in [2.45, 2.75) is 20.4 Å². The summed E-state index contributed by atoms with van der Waals surface area (Å²) in [6.07, 6.45) is 0. The number of hydrogen-bond donors (Lipinski definition) is 2. The van der Waals surface area contributed by atoms with Crippen LogP contribution in [-0.4, -0.2) is 36.1 Å². The Labute approximate surface area is 102 Å². The number of carbonyl (C=O) groups excluding carboxylic acids is 1. The molecule has 1 rings (SSSR count). The Bertz CT molecular complexity index is 391. The van der Waals surface area contributed by atoms with Crippen molar-refractivity contribution in [2.24, 2.45) is 0 Å². The topological polar surface area (TPSA) is 52.6 Å². The van der Waals surface area contributed by atoms with Crippen LogP contribution in [0, 0.1) is 6.92 Å². The highest BCUT2D eigenvalue weighted by Crippen LogP contribution is 2.22. The zero-order valence-corrected chi connectivity index (χ0v) is 10.7. The van der Waals surface area contributed by atoms with Crippen molar-refractivity contribution in [1.29, 1.82) is 0 Å². The highest BCUT2D eigenvalue weighted by molar-refractivity contribution is 5.77. The second-order valence-corrected chi connectivity index (χ2v) is 4.21. The smallest absolute Gasteiger partial charge is 0.234 e. The third-order valence-corrected chi connectivity index (χ3v) is 2.55. The van der Waals surface area contributed by atoms with Gasteiger partial charge < -0.3 is 10.4 Å². The van der Waals surface area contributed by atoms with E-state index in [1.165, 1.54) is 0 Å². The zero-order chi connectivity index (χ0) is 12.8. The van der Waals surface area contributed by atoms with Crippen LogP contribution in [-0.2, 0) is 11.3 Å². The Morgan fingerprint density at radius 2 is 2.18 bits per heavy atom. The molecule has 0 radical (unpaired) electrons. The van der Waals surface area contributed by atoms with Crippen molar-refractivity contribution in [1.82, 2.24) is 10.2 Å². The summed E-state index contributed by atoms with van der Waals surface area (Å²) in [4.78, 5) is 13.3. The summed E-state index contributed by atoms with van der Waals surface area (Å²) in [6.45, 7) is 5.29. The van der Waals surface area contributed by atoms with Gasteiger partial charge in [-0.3, -0.25) is 9.69 Å². The SMILES string of the molecule is CCNC(=O)CN(C)Cc1cccc(C)c1O. The lowest BCUT2D eigenvalue weighted by Crippen LogP contribution is -2.34. The Morgan fingerprint density at radius 3 is 2.82 bits per heavy atom. The van der Waals surface area contributed by atoms with Gasteiger partial charge in [0.15, 0.2) is 0 Å². The largest absolute Gasteiger partial charge is 0.507 e. The number of para-hydroxylation sites is 1. The molecular formula is C13H20N2O2. The van der Waals surface area contributed by atoms with Gasteiger partial charge in [-0.15, -0.1) is 0 Å². The molecule has 2 N–H and O–H groups in total. The molecule has 0 heterocycles. The fourth-order valence-electron chi connectivity index (χ4n) is 1.69.